The van der Waals surface area contributed by atoms with Crippen molar-refractivity contribution in [2.24, 2.45) is 0 Å². The van der Waals surface area contributed by atoms with Crippen molar-refractivity contribution in [2.75, 3.05) is 5.32 Å². The highest BCUT2D eigenvalue weighted by Crippen LogP contribution is 2.23. The molecular formula is C7H6ClN3OS. The van der Waals surface area contributed by atoms with Crippen molar-refractivity contribution >= 4 is 29.0 Å². The van der Waals surface area contributed by atoms with Crippen molar-refractivity contribution in [1.82, 2.24) is 10.2 Å². The maximum absolute atomic E-state index is 5.89. The Balaban J connectivity index is 1.97. The van der Waals surface area contributed by atoms with Crippen molar-refractivity contribution in [3.63, 3.8) is 0 Å². The lowest BCUT2D eigenvalue weighted by Crippen LogP contribution is -1.98. The molecule has 13 heavy (non-hydrogen) atoms. The molecule has 1 N–H and O–H groups in total. The summed E-state index contributed by atoms with van der Waals surface area (Å²) in [5.74, 6) is 0. The fourth-order valence-electron chi connectivity index (χ4n) is 0.866. The predicted molar refractivity (Wildman–Crippen MR) is 51.0 cm³/mol. The zero-order valence-corrected chi connectivity index (χ0v) is 8.10. The lowest BCUT2D eigenvalue weighted by atomic mass is 10.3. The molecule has 0 fully saturated rings. The molecule has 0 aliphatic heterocycles. The average molecular weight is 216 g/mol. The molecule has 0 spiro atoms. The SMILES string of the molecule is Clc1sccc1CNc1nnco1. The Morgan fingerprint density at radius 1 is 1.62 bits per heavy atom. The van der Waals surface area contributed by atoms with Crippen molar-refractivity contribution in [3.05, 3.63) is 27.7 Å². The Bertz CT molecular complexity index is 373. The third-order valence-corrected chi connectivity index (χ3v) is 2.73. The van der Waals surface area contributed by atoms with Gasteiger partial charge in [-0.15, -0.1) is 16.4 Å². The minimum Gasteiger partial charge on any atom is -0.411 e. The van der Waals surface area contributed by atoms with Gasteiger partial charge >= 0.3 is 6.01 Å². The number of hydrogen-bond acceptors (Lipinski definition) is 5. The first-order valence-corrected chi connectivity index (χ1v) is 4.84. The number of aromatic nitrogens is 2. The molecule has 2 heterocycles. The molecule has 0 radical (unpaired) electrons. The second kappa shape index (κ2) is 3.76. The zero-order chi connectivity index (χ0) is 9.10. The minimum atomic E-state index is 0.405. The van der Waals surface area contributed by atoms with Crippen molar-refractivity contribution in [2.45, 2.75) is 6.54 Å². The van der Waals surface area contributed by atoms with E-state index in [2.05, 4.69) is 15.5 Å². The number of nitrogens with zero attached hydrogens (tertiary/aromatic N) is 2. The second-order valence-corrected chi connectivity index (χ2v) is 3.84. The van der Waals surface area contributed by atoms with Gasteiger partial charge in [0.1, 0.15) is 0 Å². The molecule has 6 heteroatoms. The van der Waals surface area contributed by atoms with Crippen molar-refractivity contribution in [3.8, 4) is 0 Å². The van der Waals surface area contributed by atoms with E-state index in [4.69, 9.17) is 16.0 Å². The van der Waals surface area contributed by atoms with Crippen molar-refractivity contribution in [1.29, 1.82) is 0 Å². The molecular weight excluding hydrogens is 210 g/mol. The molecule has 2 rings (SSSR count). The summed E-state index contributed by atoms with van der Waals surface area (Å²) in [6.07, 6.45) is 1.28. The van der Waals surface area contributed by atoms with Crippen LogP contribution in [0.25, 0.3) is 0 Å². The van der Waals surface area contributed by atoms with Crippen LogP contribution in [0.15, 0.2) is 22.3 Å². The lowest BCUT2D eigenvalue weighted by molar-refractivity contribution is 0.565. The van der Waals surface area contributed by atoms with E-state index in [1.807, 2.05) is 11.4 Å². The van der Waals surface area contributed by atoms with Crippen LogP contribution in [0.1, 0.15) is 5.56 Å². The number of anilines is 1. The van der Waals surface area contributed by atoms with E-state index in [1.165, 1.54) is 17.7 Å². The van der Waals surface area contributed by atoms with Crippen LogP contribution < -0.4 is 5.32 Å². The number of nitrogens with one attached hydrogen (secondary N) is 1. The Morgan fingerprint density at radius 2 is 2.54 bits per heavy atom. The van der Waals surface area contributed by atoms with Crippen LogP contribution in [0.2, 0.25) is 4.34 Å². The van der Waals surface area contributed by atoms with Gasteiger partial charge < -0.3 is 9.73 Å². The fraction of sp³-hybridized carbons (Fsp3) is 0.143. The maximum Gasteiger partial charge on any atom is 0.315 e. The Morgan fingerprint density at radius 3 is 3.15 bits per heavy atom. The minimum absolute atomic E-state index is 0.405. The van der Waals surface area contributed by atoms with E-state index >= 15 is 0 Å². The number of thiophene rings is 1. The second-order valence-electron chi connectivity index (χ2n) is 2.32. The fourth-order valence-corrected chi connectivity index (χ4v) is 1.79. The molecule has 0 aliphatic rings. The van der Waals surface area contributed by atoms with Gasteiger partial charge in [0.25, 0.3) is 0 Å². The normalized spacial score (nSPS) is 10.2. The van der Waals surface area contributed by atoms with Gasteiger partial charge in [-0.1, -0.05) is 16.7 Å². The summed E-state index contributed by atoms with van der Waals surface area (Å²) in [4.78, 5) is 0. The quantitative estimate of drug-likeness (QED) is 0.854. The van der Waals surface area contributed by atoms with Crippen LogP contribution in [-0.4, -0.2) is 10.2 Å². The van der Waals surface area contributed by atoms with E-state index in [1.54, 1.807) is 0 Å². The molecule has 2 aromatic rings. The van der Waals surface area contributed by atoms with E-state index in [0.717, 1.165) is 9.90 Å². The zero-order valence-electron chi connectivity index (χ0n) is 6.53. The van der Waals surface area contributed by atoms with Gasteiger partial charge in [-0.05, 0) is 11.4 Å². The largest absolute Gasteiger partial charge is 0.411 e. The van der Waals surface area contributed by atoms with Crippen LogP contribution in [0.5, 0.6) is 0 Å². The topological polar surface area (TPSA) is 51.0 Å². The Hall–Kier alpha value is -1.07. The van der Waals surface area contributed by atoms with E-state index < -0.39 is 0 Å². The molecule has 0 atom stereocenters. The van der Waals surface area contributed by atoms with Gasteiger partial charge in [-0.25, -0.2) is 0 Å². The highest BCUT2D eigenvalue weighted by molar-refractivity contribution is 7.14. The smallest absolute Gasteiger partial charge is 0.315 e. The molecule has 4 nitrogen and oxygen atoms in total. The molecule has 0 aromatic carbocycles. The molecule has 68 valence electrons. The van der Waals surface area contributed by atoms with Gasteiger partial charge in [0, 0.05) is 12.1 Å². The van der Waals surface area contributed by atoms with Gasteiger partial charge in [0.2, 0.25) is 6.39 Å². The molecule has 0 saturated heterocycles. The Labute approximate surface area is 83.5 Å². The summed E-state index contributed by atoms with van der Waals surface area (Å²) in [6, 6.07) is 2.36. The number of halogens is 1. The van der Waals surface area contributed by atoms with Crippen molar-refractivity contribution < 1.29 is 4.42 Å². The first kappa shape index (κ1) is 8.52. The summed E-state index contributed by atoms with van der Waals surface area (Å²) >= 11 is 7.39. The predicted octanol–water partition coefficient (Wildman–Crippen LogP) is 2.40. The van der Waals surface area contributed by atoms with E-state index in [0.29, 0.717) is 12.6 Å². The molecule has 0 bridgehead atoms. The standard InChI is InChI=1S/C7H6ClN3OS/c8-6-5(1-2-13-6)3-9-7-11-10-4-12-7/h1-2,4H,3H2,(H,9,11). The monoisotopic (exact) mass is 215 g/mol. The molecule has 0 unspecified atom stereocenters. The summed E-state index contributed by atoms with van der Waals surface area (Å²) in [6.45, 7) is 0.602. The maximum atomic E-state index is 5.89. The van der Waals surface area contributed by atoms with Gasteiger partial charge in [0.05, 0.1) is 4.34 Å². The number of rotatable bonds is 3. The summed E-state index contributed by atoms with van der Waals surface area (Å²) in [7, 11) is 0. The average Bonchev–Trinajstić information content (AvgIpc) is 2.72. The molecule has 2 aromatic heterocycles. The van der Waals surface area contributed by atoms with E-state index in [9.17, 15) is 0 Å². The van der Waals surface area contributed by atoms with Crippen LogP contribution in [-0.2, 0) is 6.54 Å². The van der Waals surface area contributed by atoms with Gasteiger partial charge in [-0.2, -0.15) is 0 Å². The van der Waals surface area contributed by atoms with E-state index in [-0.39, 0.29) is 0 Å². The Kier molecular flexibility index (Phi) is 2.47. The van der Waals surface area contributed by atoms with Crippen LogP contribution >= 0.6 is 22.9 Å². The lowest BCUT2D eigenvalue weighted by Gasteiger charge is -1.98. The van der Waals surface area contributed by atoms with Gasteiger partial charge in [-0.3, -0.25) is 0 Å². The number of hydrogen-bond donors (Lipinski definition) is 1. The summed E-state index contributed by atoms with van der Waals surface area (Å²) in [5.41, 5.74) is 1.03. The molecule has 0 amide bonds. The summed E-state index contributed by atoms with van der Waals surface area (Å²) in [5, 5.41) is 12.1. The molecule has 0 saturated carbocycles. The first-order chi connectivity index (χ1) is 6.36. The third-order valence-electron chi connectivity index (χ3n) is 1.48. The van der Waals surface area contributed by atoms with Crippen LogP contribution in [0, 0.1) is 0 Å². The first-order valence-electron chi connectivity index (χ1n) is 3.58. The van der Waals surface area contributed by atoms with Crippen LogP contribution in [0.3, 0.4) is 0 Å². The van der Waals surface area contributed by atoms with Gasteiger partial charge in [0.15, 0.2) is 0 Å². The highest BCUT2D eigenvalue weighted by atomic mass is 35.5. The van der Waals surface area contributed by atoms with Crippen LogP contribution in [0.4, 0.5) is 6.01 Å². The molecule has 0 aliphatic carbocycles. The highest BCUT2D eigenvalue weighted by Gasteiger charge is 2.02. The summed E-state index contributed by atoms with van der Waals surface area (Å²) < 4.78 is 5.68. The third kappa shape index (κ3) is 1.99.